The second kappa shape index (κ2) is 13.2. The third-order valence-electron chi connectivity index (χ3n) is 7.81. The van der Waals surface area contributed by atoms with Gasteiger partial charge in [-0.25, -0.2) is 4.98 Å². The summed E-state index contributed by atoms with van der Waals surface area (Å²) in [5.74, 6) is 0.378. The van der Waals surface area contributed by atoms with Crippen molar-refractivity contribution >= 4 is 17.5 Å². The Morgan fingerprint density at radius 1 is 1.22 bits per heavy atom. The molecule has 11 heteroatoms. The van der Waals surface area contributed by atoms with Crippen LogP contribution in [-0.4, -0.2) is 81.6 Å². The molecule has 0 aliphatic carbocycles. The predicted molar refractivity (Wildman–Crippen MR) is 152 cm³/mol. The number of nitrogens with one attached hydrogen (secondary N) is 2. The van der Waals surface area contributed by atoms with Crippen molar-refractivity contribution in [2.75, 3.05) is 38.0 Å². The van der Waals surface area contributed by atoms with Crippen molar-refractivity contribution in [1.82, 2.24) is 25.1 Å². The monoisotopic (exact) mass is 562 g/mol. The summed E-state index contributed by atoms with van der Waals surface area (Å²) in [6.07, 6.45) is 5.98. The molecular weight excluding hydrogens is 524 g/mol. The van der Waals surface area contributed by atoms with E-state index in [1.54, 1.807) is 25.4 Å². The smallest absolute Gasteiger partial charge is 0.270 e. The number of β-amino-alcohol motifs (C(OH)–C–C–N with tert-alkyl or cyclic N) is 1. The molecule has 218 valence electrons. The first-order valence-electron chi connectivity index (χ1n) is 14.1. The van der Waals surface area contributed by atoms with Crippen molar-refractivity contribution in [1.29, 1.82) is 0 Å². The topological polar surface area (TPSA) is 133 Å². The molecule has 2 aliphatic rings. The van der Waals surface area contributed by atoms with E-state index in [0.717, 1.165) is 43.6 Å². The molecule has 2 aliphatic heterocycles. The second-order valence-corrected chi connectivity index (χ2v) is 10.7. The van der Waals surface area contributed by atoms with Crippen LogP contribution in [0.4, 0.5) is 5.69 Å². The van der Waals surface area contributed by atoms with Crippen LogP contribution in [0.1, 0.15) is 58.9 Å². The Morgan fingerprint density at radius 2 is 2.05 bits per heavy atom. The highest BCUT2D eigenvalue weighted by Gasteiger charge is 2.30. The number of amides is 2. The summed E-state index contributed by atoms with van der Waals surface area (Å²) in [7, 11) is 0. The van der Waals surface area contributed by atoms with Gasteiger partial charge in [-0.2, -0.15) is 0 Å². The molecular formula is C30H38N6O5. The predicted octanol–water partition coefficient (Wildman–Crippen LogP) is 2.67. The lowest BCUT2D eigenvalue weighted by molar-refractivity contribution is -0.129. The third-order valence-corrected chi connectivity index (χ3v) is 7.81. The number of oxazole rings is 1. The van der Waals surface area contributed by atoms with E-state index >= 15 is 0 Å². The maximum Gasteiger partial charge on any atom is 0.270 e. The first kappa shape index (κ1) is 28.7. The first-order chi connectivity index (χ1) is 19.9. The van der Waals surface area contributed by atoms with Crippen LogP contribution in [0.3, 0.4) is 0 Å². The van der Waals surface area contributed by atoms with Gasteiger partial charge in [0.15, 0.2) is 6.39 Å². The van der Waals surface area contributed by atoms with E-state index in [4.69, 9.17) is 9.15 Å². The molecule has 1 fully saturated rings. The zero-order valence-corrected chi connectivity index (χ0v) is 23.6. The van der Waals surface area contributed by atoms with Gasteiger partial charge in [0.25, 0.3) is 5.91 Å². The van der Waals surface area contributed by atoms with Gasteiger partial charge in [-0.3, -0.25) is 19.5 Å². The molecule has 3 N–H and O–H groups in total. The number of aliphatic hydroxyl groups excluding tert-OH is 1. The number of carbonyl (C=O) groups is 2. The fourth-order valence-corrected chi connectivity index (χ4v) is 5.58. The summed E-state index contributed by atoms with van der Waals surface area (Å²) in [5.41, 5.74) is 4.64. The van der Waals surface area contributed by atoms with Crippen LogP contribution in [0.2, 0.25) is 0 Å². The number of piperidine rings is 1. The number of ether oxygens (including phenoxy) is 1. The van der Waals surface area contributed by atoms with E-state index in [1.165, 1.54) is 17.5 Å². The number of pyridine rings is 1. The molecule has 0 radical (unpaired) electrons. The van der Waals surface area contributed by atoms with Crippen molar-refractivity contribution < 1.29 is 23.8 Å². The maximum atomic E-state index is 12.9. The normalized spacial score (nSPS) is 18.5. The van der Waals surface area contributed by atoms with Crippen LogP contribution < -0.4 is 10.6 Å². The van der Waals surface area contributed by atoms with Crippen molar-refractivity contribution in [3.63, 3.8) is 0 Å². The van der Waals surface area contributed by atoms with E-state index < -0.39 is 6.10 Å². The Bertz CT molecular complexity index is 1320. The molecule has 0 spiro atoms. The van der Waals surface area contributed by atoms with Crippen molar-refractivity contribution in [2.24, 2.45) is 0 Å². The minimum Gasteiger partial charge on any atom is -0.446 e. The van der Waals surface area contributed by atoms with Crippen LogP contribution in [0.5, 0.6) is 0 Å². The van der Waals surface area contributed by atoms with Gasteiger partial charge in [0.1, 0.15) is 24.3 Å². The average molecular weight is 563 g/mol. The highest BCUT2D eigenvalue weighted by atomic mass is 16.5. The fourth-order valence-electron chi connectivity index (χ4n) is 5.58. The van der Waals surface area contributed by atoms with Crippen LogP contribution in [0, 0.1) is 6.92 Å². The summed E-state index contributed by atoms with van der Waals surface area (Å²) < 4.78 is 11.6. The summed E-state index contributed by atoms with van der Waals surface area (Å²) in [6, 6.07) is 9.95. The van der Waals surface area contributed by atoms with Crippen LogP contribution in [0.15, 0.2) is 53.5 Å². The van der Waals surface area contributed by atoms with Gasteiger partial charge < -0.3 is 29.8 Å². The summed E-state index contributed by atoms with van der Waals surface area (Å²) >= 11 is 0. The van der Waals surface area contributed by atoms with E-state index in [1.807, 2.05) is 17.0 Å². The second-order valence-electron chi connectivity index (χ2n) is 10.7. The van der Waals surface area contributed by atoms with E-state index in [0.29, 0.717) is 18.8 Å². The van der Waals surface area contributed by atoms with Gasteiger partial charge >= 0.3 is 0 Å². The lowest BCUT2D eigenvalue weighted by Crippen LogP contribution is -2.45. The van der Waals surface area contributed by atoms with Crippen molar-refractivity contribution in [3.05, 3.63) is 77.3 Å². The van der Waals surface area contributed by atoms with Gasteiger partial charge in [0, 0.05) is 57.6 Å². The van der Waals surface area contributed by atoms with Gasteiger partial charge in [-0.05, 0) is 55.0 Å². The van der Waals surface area contributed by atoms with E-state index in [2.05, 4.69) is 44.6 Å². The highest BCUT2D eigenvalue weighted by Crippen LogP contribution is 2.33. The Morgan fingerprint density at radius 3 is 2.80 bits per heavy atom. The van der Waals surface area contributed by atoms with Crippen molar-refractivity contribution in [2.45, 2.75) is 58.1 Å². The van der Waals surface area contributed by atoms with Gasteiger partial charge in [0.05, 0.1) is 12.3 Å². The molecule has 0 saturated carbocycles. The Hall–Kier alpha value is -3.80. The van der Waals surface area contributed by atoms with E-state index in [9.17, 15) is 14.7 Å². The molecule has 2 amide bonds. The molecule has 0 bridgehead atoms. The zero-order valence-electron chi connectivity index (χ0n) is 23.6. The number of aliphatic hydroxyl groups is 1. The molecule has 1 unspecified atom stereocenters. The fraction of sp³-hybridized carbons (Fsp3) is 0.467. The largest absolute Gasteiger partial charge is 0.446 e. The molecule has 1 saturated heterocycles. The maximum absolute atomic E-state index is 12.9. The van der Waals surface area contributed by atoms with Gasteiger partial charge in [-0.15, -0.1) is 0 Å². The lowest BCUT2D eigenvalue weighted by atomic mass is 9.93. The van der Waals surface area contributed by atoms with Crippen LogP contribution >= 0.6 is 0 Å². The van der Waals surface area contributed by atoms with Crippen molar-refractivity contribution in [3.8, 4) is 0 Å². The standard InChI is InChI=1S/C30H38N6O5/c1-20-4-3-5-27-26(20)9-13-36(30(27)40-18-25-16-31-19-41-25)17-24(38)15-33-29(39)28-14-23(6-10-32-28)34-22-7-11-35(12-8-22)21(2)37/h3-6,10,14,16,19,22,24,30,38H,7-9,11-13,15,17-18H2,1-2H3,(H,32,34)(H,33,39)/t24-,30?/m0/s1. The summed E-state index contributed by atoms with van der Waals surface area (Å²) in [6.45, 7) is 6.50. The Labute approximate surface area is 239 Å². The quantitative estimate of drug-likeness (QED) is 0.341. The van der Waals surface area contributed by atoms with Crippen LogP contribution in [0.25, 0.3) is 0 Å². The number of aromatic nitrogens is 2. The third kappa shape index (κ3) is 7.29. The van der Waals surface area contributed by atoms with Gasteiger partial charge in [0.2, 0.25) is 5.91 Å². The minimum absolute atomic E-state index is 0.0771. The average Bonchev–Trinajstić information content (AvgIpc) is 3.50. The molecule has 3 aromatic rings. The number of likely N-dealkylation sites (tertiary alicyclic amines) is 1. The lowest BCUT2D eigenvalue weighted by Gasteiger charge is -2.38. The number of hydrogen-bond acceptors (Lipinski definition) is 9. The number of nitrogens with zero attached hydrogens (tertiary/aromatic N) is 4. The van der Waals surface area contributed by atoms with Crippen LogP contribution in [-0.2, 0) is 22.6 Å². The Balaban J connectivity index is 1.15. The molecule has 1 aromatic carbocycles. The number of fused-ring (bicyclic) bond motifs is 1. The number of hydrogen-bond donors (Lipinski definition) is 3. The molecule has 5 rings (SSSR count). The summed E-state index contributed by atoms with van der Waals surface area (Å²) in [4.78, 5) is 36.6. The zero-order chi connectivity index (χ0) is 28.8. The first-order valence-corrected chi connectivity index (χ1v) is 14.1. The molecule has 11 nitrogen and oxygen atoms in total. The SMILES string of the molecule is CC(=O)N1CCC(Nc2ccnc(C(=O)NC[C@H](O)CN3CCc4c(C)cccc4C3OCc3cnco3)c2)CC1. The van der Waals surface area contributed by atoms with Gasteiger partial charge in [-0.1, -0.05) is 18.2 Å². The molecule has 4 heterocycles. The molecule has 2 aromatic heterocycles. The summed E-state index contributed by atoms with van der Waals surface area (Å²) in [5, 5.41) is 17.2. The minimum atomic E-state index is -0.811. The Kier molecular flexibility index (Phi) is 9.28. The molecule has 2 atom stereocenters. The number of anilines is 1. The molecule has 41 heavy (non-hydrogen) atoms. The number of benzene rings is 1. The number of rotatable bonds is 10. The highest BCUT2D eigenvalue weighted by molar-refractivity contribution is 5.93. The number of carbonyl (C=O) groups excluding carboxylic acids is 2. The number of aryl methyl sites for hydroxylation is 1. The van der Waals surface area contributed by atoms with E-state index in [-0.39, 0.29) is 42.9 Å².